The molecule has 94 valence electrons. The Hall–Kier alpha value is -1.79. The van der Waals surface area contributed by atoms with Crippen molar-refractivity contribution in [1.82, 2.24) is 9.97 Å². The van der Waals surface area contributed by atoms with E-state index in [4.69, 9.17) is 17.2 Å². The minimum atomic E-state index is 0.0308. The van der Waals surface area contributed by atoms with Crippen molar-refractivity contribution >= 4 is 23.4 Å². The number of hydrogen-bond donors (Lipinski definition) is 3. The highest BCUT2D eigenvalue weighted by atomic mass is 32.2. The molecule has 1 atom stereocenters. The summed E-state index contributed by atoms with van der Waals surface area (Å²) in [5.74, 6) is 0.745. The van der Waals surface area contributed by atoms with E-state index in [0.717, 1.165) is 10.5 Å². The summed E-state index contributed by atoms with van der Waals surface area (Å²) in [4.78, 5) is 9.24. The van der Waals surface area contributed by atoms with Crippen LogP contribution in [0.25, 0.3) is 0 Å². The smallest absolute Gasteiger partial charge is 0.196 e. The Bertz CT molecular complexity index is 518. The highest BCUT2D eigenvalue weighted by Crippen LogP contribution is 2.26. The van der Waals surface area contributed by atoms with Crippen molar-refractivity contribution < 1.29 is 0 Å². The largest absolute Gasteiger partial charge is 0.383 e. The van der Waals surface area contributed by atoms with Gasteiger partial charge < -0.3 is 17.2 Å². The lowest BCUT2D eigenvalue weighted by Crippen LogP contribution is -2.04. The minimum Gasteiger partial charge on any atom is -0.383 e. The van der Waals surface area contributed by atoms with Gasteiger partial charge in [0, 0.05) is 17.0 Å². The van der Waals surface area contributed by atoms with Crippen LogP contribution >= 0.6 is 11.8 Å². The third kappa shape index (κ3) is 3.12. The highest BCUT2D eigenvalue weighted by molar-refractivity contribution is 7.99. The average molecular weight is 261 g/mol. The number of anilines is 2. The van der Waals surface area contributed by atoms with Crippen LogP contribution in [-0.4, -0.2) is 9.97 Å². The van der Waals surface area contributed by atoms with Gasteiger partial charge in [0.2, 0.25) is 0 Å². The Morgan fingerprint density at radius 2 is 1.61 bits per heavy atom. The Morgan fingerprint density at radius 1 is 1.06 bits per heavy atom. The molecule has 2 rings (SSSR count). The number of hydrogen-bond acceptors (Lipinski definition) is 6. The highest BCUT2D eigenvalue weighted by Gasteiger charge is 2.04. The third-order valence-corrected chi connectivity index (χ3v) is 3.23. The summed E-state index contributed by atoms with van der Waals surface area (Å²) in [7, 11) is 0. The van der Waals surface area contributed by atoms with Crippen molar-refractivity contribution in [1.29, 1.82) is 0 Å². The molecule has 0 bridgehead atoms. The molecule has 0 aliphatic carbocycles. The summed E-state index contributed by atoms with van der Waals surface area (Å²) in [5.41, 5.74) is 18.1. The van der Waals surface area contributed by atoms with Crippen molar-refractivity contribution in [2.45, 2.75) is 23.0 Å². The zero-order valence-corrected chi connectivity index (χ0v) is 10.8. The number of nitrogens with zero attached hydrogens (tertiary/aromatic N) is 2. The van der Waals surface area contributed by atoms with E-state index in [2.05, 4.69) is 9.97 Å². The van der Waals surface area contributed by atoms with Gasteiger partial charge in [-0.3, -0.25) is 0 Å². The van der Waals surface area contributed by atoms with E-state index in [1.165, 1.54) is 17.8 Å². The third-order valence-electron chi connectivity index (χ3n) is 2.36. The SMILES string of the molecule is CC(N)c1ccc(Sc2nc(N)cc(N)n2)cc1. The average Bonchev–Trinajstić information content (AvgIpc) is 2.28. The molecule has 1 heterocycles. The van der Waals surface area contributed by atoms with Crippen molar-refractivity contribution in [2.75, 3.05) is 11.5 Å². The second kappa shape index (κ2) is 5.24. The molecule has 1 aromatic heterocycles. The lowest BCUT2D eigenvalue weighted by atomic mass is 10.1. The predicted molar refractivity (Wildman–Crippen MR) is 74.0 cm³/mol. The van der Waals surface area contributed by atoms with Gasteiger partial charge >= 0.3 is 0 Å². The molecule has 0 spiro atoms. The van der Waals surface area contributed by atoms with Gasteiger partial charge in [-0.15, -0.1) is 0 Å². The summed E-state index contributed by atoms with van der Waals surface area (Å²) < 4.78 is 0. The number of nitrogens with two attached hydrogens (primary N) is 3. The van der Waals surface area contributed by atoms with Crippen molar-refractivity contribution in [3.05, 3.63) is 35.9 Å². The standard InChI is InChI=1S/C12H15N5S/c1-7(13)8-2-4-9(5-3-8)18-12-16-10(14)6-11(15)17-12/h2-7H,13H2,1H3,(H4,14,15,16,17). The van der Waals surface area contributed by atoms with Gasteiger partial charge in [0.1, 0.15) is 11.6 Å². The number of aromatic nitrogens is 2. The van der Waals surface area contributed by atoms with Crippen molar-refractivity contribution in [3.63, 3.8) is 0 Å². The van der Waals surface area contributed by atoms with E-state index in [1.807, 2.05) is 31.2 Å². The summed E-state index contributed by atoms with van der Waals surface area (Å²) in [5, 5.41) is 0.543. The van der Waals surface area contributed by atoms with E-state index < -0.39 is 0 Å². The maximum atomic E-state index is 5.79. The molecular formula is C12H15N5S. The fourth-order valence-corrected chi connectivity index (χ4v) is 2.24. The summed E-state index contributed by atoms with van der Waals surface area (Å²) >= 11 is 1.41. The topological polar surface area (TPSA) is 104 Å². The molecule has 0 aliphatic heterocycles. The van der Waals surface area contributed by atoms with Gasteiger partial charge in [0.15, 0.2) is 5.16 Å². The maximum absolute atomic E-state index is 5.79. The first-order valence-corrected chi connectivity index (χ1v) is 6.29. The quantitative estimate of drug-likeness (QED) is 0.728. The lowest BCUT2D eigenvalue weighted by Gasteiger charge is -2.06. The Morgan fingerprint density at radius 3 is 2.11 bits per heavy atom. The van der Waals surface area contributed by atoms with Crippen LogP contribution in [0.1, 0.15) is 18.5 Å². The molecule has 0 aliphatic rings. The molecule has 0 radical (unpaired) electrons. The van der Waals surface area contributed by atoms with E-state index in [-0.39, 0.29) is 6.04 Å². The number of benzene rings is 1. The van der Waals surface area contributed by atoms with E-state index in [0.29, 0.717) is 16.8 Å². The van der Waals surface area contributed by atoms with E-state index in [9.17, 15) is 0 Å². The minimum absolute atomic E-state index is 0.0308. The number of nitrogen functional groups attached to an aromatic ring is 2. The molecule has 1 aromatic carbocycles. The van der Waals surface area contributed by atoms with Crippen molar-refractivity contribution in [2.24, 2.45) is 5.73 Å². The van der Waals surface area contributed by atoms with Crippen LogP contribution in [-0.2, 0) is 0 Å². The Balaban J connectivity index is 2.18. The molecule has 2 aromatic rings. The molecule has 0 fully saturated rings. The first kappa shape index (κ1) is 12.7. The van der Waals surface area contributed by atoms with Gasteiger partial charge in [-0.1, -0.05) is 12.1 Å². The Kier molecular flexibility index (Phi) is 3.69. The molecule has 18 heavy (non-hydrogen) atoms. The van der Waals surface area contributed by atoms with Crippen LogP contribution in [0.2, 0.25) is 0 Å². The molecule has 0 saturated heterocycles. The first-order chi connectivity index (χ1) is 8.54. The fraction of sp³-hybridized carbons (Fsp3) is 0.167. The molecule has 6 heteroatoms. The van der Waals surface area contributed by atoms with Crippen LogP contribution in [0, 0.1) is 0 Å². The summed E-state index contributed by atoms with van der Waals surface area (Å²) in [6, 6.07) is 9.50. The molecular weight excluding hydrogens is 246 g/mol. The maximum Gasteiger partial charge on any atom is 0.196 e. The molecule has 0 saturated carbocycles. The van der Waals surface area contributed by atoms with Gasteiger partial charge in [-0.2, -0.15) is 0 Å². The predicted octanol–water partition coefficient (Wildman–Crippen LogP) is 1.81. The fourth-order valence-electron chi connectivity index (χ4n) is 1.45. The monoisotopic (exact) mass is 261 g/mol. The summed E-state index contributed by atoms with van der Waals surface area (Å²) in [6.45, 7) is 1.95. The lowest BCUT2D eigenvalue weighted by molar-refractivity contribution is 0.817. The molecule has 0 amide bonds. The van der Waals surface area contributed by atoms with Crippen LogP contribution in [0.15, 0.2) is 40.4 Å². The van der Waals surface area contributed by atoms with Crippen LogP contribution in [0.3, 0.4) is 0 Å². The van der Waals surface area contributed by atoms with Gasteiger partial charge in [-0.05, 0) is 36.4 Å². The van der Waals surface area contributed by atoms with Crippen molar-refractivity contribution in [3.8, 4) is 0 Å². The van der Waals surface area contributed by atoms with E-state index in [1.54, 1.807) is 0 Å². The van der Waals surface area contributed by atoms with Crippen LogP contribution < -0.4 is 17.2 Å². The van der Waals surface area contributed by atoms with Gasteiger partial charge in [0.25, 0.3) is 0 Å². The molecule has 6 N–H and O–H groups in total. The van der Waals surface area contributed by atoms with Gasteiger partial charge in [0.05, 0.1) is 0 Å². The zero-order chi connectivity index (χ0) is 13.1. The second-order valence-corrected chi connectivity index (χ2v) is 5.00. The summed E-state index contributed by atoms with van der Waals surface area (Å²) in [6.07, 6.45) is 0. The van der Waals surface area contributed by atoms with E-state index >= 15 is 0 Å². The molecule has 5 nitrogen and oxygen atoms in total. The first-order valence-electron chi connectivity index (χ1n) is 5.48. The molecule has 1 unspecified atom stereocenters. The normalized spacial score (nSPS) is 12.3. The number of rotatable bonds is 3. The zero-order valence-electron chi connectivity index (χ0n) is 10.00. The Labute approximate surface area is 110 Å². The van der Waals surface area contributed by atoms with Crippen LogP contribution in [0.5, 0.6) is 0 Å². The second-order valence-electron chi connectivity index (χ2n) is 3.96. The van der Waals surface area contributed by atoms with Gasteiger partial charge in [-0.25, -0.2) is 9.97 Å². The van der Waals surface area contributed by atoms with Crippen LogP contribution in [0.4, 0.5) is 11.6 Å².